The molecule has 1 aliphatic rings. The monoisotopic (exact) mass is 321 g/mol. The number of carbonyl (C=O) groups excluding carboxylic acids is 1. The van der Waals surface area contributed by atoms with E-state index in [1.54, 1.807) is 7.05 Å². The quantitative estimate of drug-likeness (QED) is 0.735. The summed E-state index contributed by atoms with van der Waals surface area (Å²) in [6.45, 7) is 7.56. The molecule has 1 saturated heterocycles. The highest BCUT2D eigenvalue weighted by molar-refractivity contribution is 5.77. The lowest BCUT2D eigenvalue weighted by Gasteiger charge is -2.32. The largest absolute Gasteiger partial charge is 0.483 e. The van der Waals surface area contributed by atoms with E-state index in [1.165, 1.54) is 0 Å². The van der Waals surface area contributed by atoms with Gasteiger partial charge in [-0.3, -0.25) is 9.69 Å². The van der Waals surface area contributed by atoms with Crippen LogP contribution in [0.2, 0.25) is 0 Å². The van der Waals surface area contributed by atoms with Gasteiger partial charge in [-0.2, -0.15) is 0 Å². The summed E-state index contributed by atoms with van der Waals surface area (Å²) >= 11 is 0. The van der Waals surface area contributed by atoms with E-state index in [0.717, 1.165) is 44.1 Å². The highest BCUT2D eigenvalue weighted by atomic mass is 16.5. The first-order valence-corrected chi connectivity index (χ1v) is 8.19. The van der Waals surface area contributed by atoms with E-state index in [1.807, 2.05) is 24.3 Å². The zero-order valence-electron chi connectivity index (χ0n) is 14.0. The number of likely N-dealkylation sites (N-methyl/N-ethyl adjacent to an activating group) is 2. The van der Waals surface area contributed by atoms with Crippen LogP contribution in [0.5, 0.6) is 5.75 Å². The number of carbonyl (C=O) groups is 1. The van der Waals surface area contributed by atoms with E-state index < -0.39 is 0 Å². The van der Waals surface area contributed by atoms with E-state index in [2.05, 4.69) is 22.5 Å². The van der Waals surface area contributed by atoms with Crippen molar-refractivity contribution in [3.05, 3.63) is 29.8 Å². The fourth-order valence-corrected chi connectivity index (χ4v) is 2.57. The maximum atomic E-state index is 11.3. The third-order valence-corrected chi connectivity index (χ3v) is 3.97. The topological polar surface area (TPSA) is 62.8 Å². The molecule has 128 valence electrons. The molecule has 6 heteroatoms. The van der Waals surface area contributed by atoms with Gasteiger partial charge in [-0.15, -0.1) is 0 Å². The van der Waals surface area contributed by atoms with Crippen LogP contribution in [-0.2, 0) is 16.1 Å². The smallest absolute Gasteiger partial charge is 0.257 e. The average Bonchev–Trinajstić information content (AvgIpc) is 2.60. The van der Waals surface area contributed by atoms with Crippen LogP contribution >= 0.6 is 0 Å². The lowest BCUT2D eigenvalue weighted by atomic mass is 10.2. The first kappa shape index (κ1) is 17.7. The second-order valence-electron chi connectivity index (χ2n) is 5.59. The molecule has 1 fully saturated rings. The minimum Gasteiger partial charge on any atom is -0.483 e. The number of hydrogen-bond acceptors (Lipinski definition) is 5. The molecule has 0 radical (unpaired) electrons. The van der Waals surface area contributed by atoms with Crippen LogP contribution in [0.1, 0.15) is 12.5 Å². The van der Waals surface area contributed by atoms with Crippen LogP contribution in [0.4, 0.5) is 0 Å². The highest BCUT2D eigenvalue weighted by Crippen LogP contribution is 2.17. The first-order chi connectivity index (χ1) is 11.2. The molecule has 1 aliphatic heterocycles. The van der Waals surface area contributed by atoms with Crippen molar-refractivity contribution < 1.29 is 14.3 Å². The number of morpholine rings is 1. The summed E-state index contributed by atoms with van der Waals surface area (Å²) in [4.78, 5) is 13.7. The molecule has 23 heavy (non-hydrogen) atoms. The molecule has 0 aromatic heterocycles. The molecule has 0 bridgehead atoms. The summed E-state index contributed by atoms with van der Waals surface area (Å²) in [6.07, 6.45) is 0.225. The van der Waals surface area contributed by atoms with Crippen molar-refractivity contribution in [2.45, 2.75) is 19.6 Å². The third-order valence-electron chi connectivity index (χ3n) is 3.97. The van der Waals surface area contributed by atoms with Gasteiger partial charge in [0, 0.05) is 38.8 Å². The second-order valence-corrected chi connectivity index (χ2v) is 5.59. The van der Waals surface area contributed by atoms with Gasteiger partial charge in [-0.1, -0.05) is 25.1 Å². The van der Waals surface area contributed by atoms with E-state index in [9.17, 15) is 4.79 Å². The Morgan fingerprint density at radius 1 is 1.43 bits per heavy atom. The summed E-state index contributed by atoms with van der Waals surface area (Å²) in [7, 11) is 1.60. The van der Waals surface area contributed by atoms with Crippen molar-refractivity contribution in [2.24, 2.45) is 0 Å². The standard InChI is InChI=1S/C17H27N3O3/c1-3-20-8-9-22-15(12-20)11-19-10-14-6-4-5-7-16(14)23-13-17(21)18-2/h4-7,15,19H,3,8-13H2,1-2H3,(H,18,21)/t15-/m1/s1. The van der Waals surface area contributed by atoms with Crippen molar-refractivity contribution in [3.8, 4) is 5.75 Å². The minimum atomic E-state index is -0.136. The molecule has 1 amide bonds. The fourth-order valence-electron chi connectivity index (χ4n) is 2.57. The van der Waals surface area contributed by atoms with E-state index in [-0.39, 0.29) is 18.6 Å². The Labute approximate surface area is 138 Å². The number of nitrogens with zero attached hydrogens (tertiary/aromatic N) is 1. The number of para-hydroxylation sites is 1. The Kier molecular flexibility index (Phi) is 7.32. The molecule has 2 rings (SSSR count). The number of hydrogen-bond donors (Lipinski definition) is 2. The molecule has 1 aromatic rings. The van der Waals surface area contributed by atoms with Crippen LogP contribution in [0.15, 0.2) is 24.3 Å². The molecule has 1 atom stereocenters. The van der Waals surface area contributed by atoms with Gasteiger partial charge in [0.25, 0.3) is 5.91 Å². The number of ether oxygens (including phenoxy) is 2. The molecule has 1 heterocycles. The third kappa shape index (κ3) is 5.82. The lowest BCUT2D eigenvalue weighted by Crippen LogP contribution is -2.46. The van der Waals surface area contributed by atoms with Gasteiger partial charge in [0.05, 0.1) is 12.7 Å². The van der Waals surface area contributed by atoms with Crippen LogP contribution < -0.4 is 15.4 Å². The number of nitrogens with one attached hydrogen (secondary N) is 2. The molecular weight excluding hydrogens is 294 g/mol. The Balaban J connectivity index is 1.79. The molecule has 1 aromatic carbocycles. The van der Waals surface area contributed by atoms with Gasteiger partial charge in [-0.25, -0.2) is 0 Å². The van der Waals surface area contributed by atoms with Crippen molar-refractivity contribution >= 4 is 5.91 Å². The molecule has 0 unspecified atom stereocenters. The van der Waals surface area contributed by atoms with Crippen LogP contribution in [0.3, 0.4) is 0 Å². The fraction of sp³-hybridized carbons (Fsp3) is 0.588. The van der Waals surface area contributed by atoms with Crippen molar-refractivity contribution in [1.29, 1.82) is 0 Å². The van der Waals surface area contributed by atoms with Crippen LogP contribution in [-0.4, -0.2) is 63.4 Å². The highest BCUT2D eigenvalue weighted by Gasteiger charge is 2.18. The summed E-state index contributed by atoms with van der Waals surface area (Å²) in [6, 6.07) is 7.77. The van der Waals surface area contributed by atoms with Crippen LogP contribution in [0.25, 0.3) is 0 Å². The predicted octanol–water partition coefficient (Wildman–Crippen LogP) is 0.622. The van der Waals surface area contributed by atoms with Crippen LogP contribution in [0, 0.1) is 0 Å². The Morgan fingerprint density at radius 2 is 2.26 bits per heavy atom. The van der Waals surface area contributed by atoms with Gasteiger partial charge < -0.3 is 20.1 Å². The minimum absolute atomic E-state index is 0.0324. The van der Waals surface area contributed by atoms with Crippen molar-refractivity contribution in [2.75, 3.05) is 46.4 Å². The Bertz CT molecular complexity index is 496. The zero-order chi connectivity index (χ0) is 16.5. The molecule has 0 saturated carbocycles. The second kappa shape index (κ2) is 9.50. The predicted molar refractivity (Wildman–Crippen MR) is 89.6 cm³/mol. The normalized spacial score (nSPS) is 18.6. The van der Waals surface area contributed by atoms with E-state index >= 15 is 0 Å². The number of amides is 1. The Morgan fingerprint density at radius 3 is 3.04 bits per heavy atom. The maximum Gasteiger partial charge on any atom is 0.257 e. The van der Waals surface area contributed by atoms with Gasteiger partial charge in [0.1, 0.15) is 5.75 Å². The number of benzene rings is 1. The van der Waals surface area contributed by atoms with Gasteiger partial charge in [0.2, 0.25) is 0 Å². The summed E-state index contributed by atoms with van der Waals surface area (Å²) in [5.74, 6) is 0.603. The Hall–Kier alpha value is -1.63. The molecular formula is C17H27N3O3. The van der Waals surface area contributed by atoms with Gasteiger partial charge in [0.15, 0.2) is 6.61 Å². The van der Waals surface area contributed by atoms with Gasteiger partial charge >= 0.3 is 0 Å². The summed E-state index contributed by atoms with van der Waals surface area (Å²) in [5, 5.41) is 5.98. The summed E-state index contributed by atoms with van der Waals surface area (Å²) < 4.78 is 11.4. The van der Waals surface area contributed by atoms with E-state index in [4.69, 9.17) is 9.47 Å². The summed E-state index contributed by atoms with van der Waals surface area (Å²) in [5.41, 5.74) is 1.04. The van der Waals surface area contributed by atoms with Gasteiger partial charge in [-0.05, 0) is 12.6 Å². The maximum absolute atomic E-state index is 11.3. The van der Waals surface area contributed by atoms with Crippen molar-refractivity contribution in [1.82, 2.24) is 15.5 Å². The molecule has 0 aliphatic carbocycles. The first-order valence-electron chi connectivity index (χ1n) is 8.19. The molecule has 0 spiro atoms. The SMILES string of the molecule is CCN1CCO[C@H](CNCc2ccccc2OCC(=O)NC)C1. The number of rotatable bonds is 8. The van der Waals surface area contributed by atoms with Crippen molar-refractivity contribution in [3.63, 3.8) is 0 Å². The van der Waals surface area contributed by atoms with E-state index in [0.29, 0.717) is 6.54 Å². The zero-order valence-corrected chi connectivity index (χ0v) is 14.0. The average molecular weight is 321 g/mol. The molecule has 2 N–H and O–H groups in total. The molecule has 6 nitrogen and oxygen atoms in total. The lowest BCUT2D eigenvalue weighted by molar-refractivity contribution is -0.122.